The Morgan fingerprint density at radius 3 is 0.784 bits per heavy atom. The minimum atomic E-state index is -5.17. The fraction of sp³-hybridized carbons (Fsp3) is 0.200. The number of nitrogens with two attached hydrogens (primary N) is 2. The van der Waals surface area contributed by atoms with E-state index >= 15 is 0 Å². The summed E-state index contributed by atoms with van der Waals surface area (Å²) < 4.78 is 34.1. The molecule has 0 aliphatic carbocycles. The largest absolute Gasteiger partial charge is 0.759 e. The van der Waals surface area contributed by atoms with Crippen LogP contribution in [0.15, 0.2) is 121 Å². The molecule has 4 rings (SSSR count). The highest BCUT2D eigenvalue weighted by Crippen LogP contribution is 2.27. The molecule has 0 spiro atoms. The van der Waals surface area contributed by atoms with E-state index in [2.05, 4.69) is 111 Å². The molecule has 2 atom stereocenters. The molecule has 2 unspecified atom stereocenters. The Bertz CT molecular complexity index is 1080. The van der Waals surface area contributed by atoms with Crippen LogP contribution in [0.3, 0.4) is 0 Å². The van der Waals surface area contributed by atoms with E-state index in [0.29, 0.717) is 0 Å². The third-order valence-corrected chi connectivity index (χ3v) is 5.69. The van der Waals surface area contributed by atoms with E-state index in [1.807, 2.05) is 24.3 Å². The van der Waals surface area contributed by atoms with Gasteiger partial charge in [-0.2, -0.15) is 0 Å². The highest BCUT2D eigenvalue weighted by atomic mass is 32.3. The summed E-state index contributed by atoms with van der Waals surface area (Å²) >= 11 is 0. The molecule has 6 nitrogen and oxygen atoms in total. The van der Waals surface area contributed by atoms with Crippen LogP contribution in [0.5, 0.6) is 0 Å². The molecule has 0 aromatic heterocycles. The maximum absolute atomic E-state index is 8.52. The minimum Gasteiger partial charge on any atom is -0.759 e. The lowest BCUT2D eigenvalue weighted by atomic mass is 9.86. The van der Waals surface area contributed by atoms with Crippen molar-refractivity contribution in [2.75, 3.05) is 0 Å². The van der Waals surface area contributed by atoms with Gasteiger partial charge in [-0.25, -0.2) is 0 Å². The van der Waals surface area contributed by atoms with Gasteiger partial charge in [0, 0.05) is 34.3 Å². The third kappa shape index (κ3) is 11.1. The minimum absolute atomic E-state index is 0.116. The fourth-order valence-electron chi connectivity index (χ4n) is 4.24. The summed E-state index contributed by atoms with van der Waals surface area (Å²) in [4.78, 5) is 0. The summed E-state index contributed by atoms with van der Waals surface area (Å²) in [7, 11) is -5.17. The SMILES string of the molecule is CC(N)C(c1ccccc1)c1ccccc1.CC(N)C(c1ccccc1)c1ccccc1.O=S(=O)([O-])[O-]. The molecular weight excluding hydrogens is 484 g/mol. The summed E-state index contributed by atoms with van der Waals surface area (Å²) in [6.45, 7) is 4.12. The average Bonchev–Trinajstić information content (AvgIpc) is 2.86. The van der Waals surface area contributed by atoms with Crippen molar-refractivity contribution < 1.29 is 17.5 Å². The summed E-state index contributed by atoms with van der Waals surface area (Å²) in [6, 6.07) is 42.0. The van der Waals surface area contributed by atoms with Crippen molar-refractivity contribution in [3.8, 4) is 0 Å². The van der Waals surface area contributed by atoms with Crippen molar-refractivity contribution in [2.24, 2.45) is 11.5 Å². The molecular formula is C30H34N2O4S-2. The van der Waals surface area contributed by atoms with Gasteiger partial charge in [0.15, 0.2) is 0 Å². The Labute approximate surface area is 220 Å². The smallest absolute Gasteiger partial charge is 0.0311 e. The molecule has 0 bridgehead atoms. The Morgan fingerprint density at radius 2 is 0.649 bits per heavy atom. The molecule has 4 aromatic carbocycles. The van der Waals surface area contributed by atoms with E-state index < -0.39 is 10.4 Å². The number of hydrogen-bond acceptors (Lipinski definition) is 6. The van der Waals surface area contributed by atoms with Crippen LogP contribution >= 0.6 is 0 Å². The molecule has 4 N–H and O–H groups in total. The zero-order valence-electron chi connectivity index (χ0n) is 21.1. The molecule has 37 heavy (non-hydrogen) atoms. The van der Waals surface area contributed by atoms with Crippen molar-refractivity contribution >= 4 is 10.4 Å². The molecule has 0 aliphatic heterocycles. The van der Waals surface area contributed by atoms with Crippen molar-refractivity contribution in [1.29, 1.82) is 0 Å². The van der Waals surface area contributed by atoms with Gasteiger partial charge in [-0.1, -0.05) is 121 Å². The van der Waals surface area contributed by atoms with Gasteiger partial charge < -0.3 is 20.6 Å². The summed E-state index contributed by atoms with van der Waals surface area (Å²) in [5.74, 6) is 0.560. The standard InChI is InChI=1S/2C15H17N.H2O4S/c2*1-12(16)15(13-8-4-2-5-9-13)14-10-6-3-7-11-14;1-5(2,3)4/h2*2-12,15H,16H2,1H3;(H2,1,2,3,4)/p-2. The molecule has 0 radical (unpaired) electrons. The first-order valence-corrected chi connectivity index (χ1v) is 13.3. The van der Waals surface area contributed by atoms with Crippen molar-refractivity contribution in [3.05, 3.63) is 144 Å². The van der Waals surface area contributed by atoms with Gasteiger partial charge in [0.2, 0.25) is 0 Å². The molecule has 196 valence electrons. The first kappa shape index (κ1) is 29.9. The predicted octanol–water partition coefficient (Wildman–Crippen LogP) is 4.99. The van der Waals surface area contributed by atoms with Gasteiger partial charge in [0.1, 0.15) is 0 Å². The third-order valence-electron chi connectivity index (χ3n) is 5.69. The Kier molecular flexibility index (Phi) is 12.2. The molecule has 0 amide bonds. The van der Waals surface area contributed by atoms with Crippen LogP contribution in [0, 0.1) is 0 Å². The Hall–Kier alpha value is -3.33. The van der Waals surface area contributed by atoms with E-state index in [1.54, 1.807) is 0 Å². The maximum Gasteiger partial charge on any atom is 0.0311 e. The molecule has 0 saturated carbocycles. The molecule has 0 heterocycles. The highest BCUT2D eigenvalue weighted by Gasteiger charge is 2.18. The van der Waals surface area contributed by atoms with Gasteiger partial charge in [0.25, 0.3) is 0 Å². The van der Waals surface area contributed by atoms with Crippen LogP contribution < -0.4 is 11.5 Å². The van der Waals surface area contributed by atoms with E-state index in [1.165, 1.54) is 22.3 Å². The van der Waals surface area contributed by atoms with E-state index in [9.17, 15) is 0 Å². The summed E-state index contributed by atoms with van der Waals surface area (Å²) in [6.07, 6.45) is 0. The molecule has 4 aromatic rings. The fourth-order valence-corrected chi connectivity index (χ4v) is 4.24. The van der Waals surface area contributed by atoms with Gasteiger partial charge in [0.05, 0.1) is 0 Å². The number of benzene rings is 4. The van der Waals surface area contributed by atoms with Crippen LogP contribution in [0.25, 0.3) is 0 Å². The molecule has 0 aliphatic rings. The number of hydrogen-bond donors (Lipinski definition) is 2. The molecule has 0 fully saturated rings. The van der Waals surface area contributed by atoms with Crippen LogP contribution in [-0.4, -0.2) is 29.6 Å². The van der Waals surface area contributed by atoms with Crippen molar-refractivity contribution in [2.45, 2.75) is 37.8 Å². The van der Waals surface area contributed by atoms with E-state index in [4.69, 9.17) is 29.0 Å². The average molecular weight is 519 g/mol. The van der Waals surface area contributed by atoms with Gasteiger partial charge in [-0.3, -0.25) is 8.42 Å². The van der Waals surface area contributed by atoms with Crippen molar-refractivity contribution in [1.82, 2.24) is 0 Å². The summed E-state index contributed by atoms with van der Waals surface area (Å²) in [5.41, 5.74) is 17.3. The zero-order chi connectivity index (χ0) is 27.3. The Balaban J connectivity index is 0.000000221. The van der Waals surface area contributed by atoms with Crippen molar-refractivity contribution in [3.63, 3.8) is 0 Å². The van der Waals surface area contributed by atoms with E-state index in [0.717, 1.165) is 0 Å². The highest BCUT2D eigenvalue weighted by molar-refractivity contribution is 7.79. The second kappa shape index (κ2) is 15.0. The van der Waals surface area contributed by atoms with Gasteiger partial charge >= 0.3 is 0 Å². The first-order chi connectivity index (χ1) is 17.6. The normalized spacial score (nSPS) is 12.5. The monoisotopic (exact) mass is 518 g/mol. The number of rotatable bonds is 6. The second-order valence-corrected chi connectivity index (χ2v) is 9.54. The quantitative estimate of drug-likeness (QED) is 0.273. The van der Waals surface area contributed by atoms with Gasteiger partial charge in [-0.05, 0) is 36.1 Å². The van der Waals surface area contributed by atoms with E-state index in [-0.39, 0.29) is 23.9 Å². The maximum atomic E-state index is 8.52. The zero-order valence-corrected chi connectivity index (χ0v) is 21.9. The Morgan fingerprint density at radius 1 is 0.486 bits per heavy atom. The lowest BCUT2D eigenvalue weighted by molar-refractivity contribution is 0.352. The topological polar surface area (TPSA) is 132 Å². The lowest BCUT2D eigenvalue weighted by Crippen LogP contribution is -2.25. The van der Waals surface area contributed by atoms with Crippen LogP contribution in [-0.2, 0) is 10.4 Å². The summed E-state index contributed by atoms with van der Waals surface area (Å²) in [5, 5.41) is 0. The van der Waals surface area contributed by atoms with Crippen LogP contribution in [0.4, 0.5) is 0 Å². The predicted molar refractivity (Wildman–Crippen MR) is 147 cm³/mol. The van der Waals surface area contributed by atoms with Gasteiger partial charge in [-0.15, -0.1) is 0 Å². The molecule has 7 heteroatoms. The second-order valence-electron chi connectivity index (χ2n) is 8.72. The van der Waals surface area contributed by atoms with Crippen LogP contribution in [0.1, 0.15) is 47.9 Å². The lowest BCUT2D eigenvalue weighted by Gasteiger charge is -2.21. The first-order valence-electron chi connectivity index (χ1n) is 12.0. The molecule has 0 saturated heterocycles. The van der Waals surface area contributed by atoms with Crippen LogP contribution in [0.2, 0.25) is 0 Å².